The van der Waals surface area contributed by atoms with Crippen molar-refractivity contribution in [2.75, 3.05) is 38.0 Å². The summed E-state index contributed by atoms with van der Waals surface area (Å²) in [6, 6.07) is 4.23. The first-order valence-corrected chi connectivity index (χ1v) is 10.2. The zero-order valence-electron chi connectivity index (χ0n) is 16.6. The minimum Gasteiger partial charge on any atom is -0.478 e. The third-order valence-corrected chi connectivity index (χ3v) is 5.88. The molecule has 2 aromatic rings. The molecular formula is C20H26FN7O2. The van der Waals surface area contributed by atoms with Crippen LogP contribution in [0.25, 0.3) is 0 Å². The summed E-state index contributed by atoms with van der Waals surface area (Å²) in [5, 5.41) is 22.4. The highest BCUT2D eigenvalue weighted by molar-refractivity contribution is 5.96. The van der Waals surface area contributed by atoms with E-state index in [1.165, 1.54) is 12.5 Å². The Kier molecular flexibility index (Phi) is 6.05. The summed E-state index contributed by atoms with van der Waals surface area (Å²) in [6.07, 6.45) is 3.10. The highest BCUT2D eigenvalue weighted by Gasteiger charge is 2.26. The number of rotatable bonds is 6. The van der Waals surface area contributed by atoms with Gasteiger partial charge in [0.2, 0.25) is 0 Å². The summed E-state index contributed by atoms with van der Waals surface area (Å²) >= 11 is 0. The molecule has 2 aliphatic heterocycles. The smallest absolute Gasteiger partial charge is 0.335 e. The van der Waals surface area contributed by atoms with E-state index in [9.17, 15) is 14.3 Å². The van der Waals surface area contributed by atoms with Crippen LogP contribution in [0.3, 0.4) is 0 Å². The van der Waals surface area contributed by atoms with Crippen molar-refractivity contribution in [2.24, 2.45) is 11.7 Å². The van der Waals surface area contributed by atoms with Gasteiger partial charge in [-0.25, -0.2) is 4.39 Å². The maximum atomic E-state index is 14.8. The number of anilines is 2. The van der Waals surface area contributed by atoms with E-state index >= 15 is 0 Å². The summed E-state index contributed by atoms with van der Waals surface area (Å²) in [5.41, 5.74) is 6.09. The van der Waals surface area contributed by atoms with E-state index in [0.29, 0.717) is 11.3 Å². The molecule has 1 amide bonds. The maximum Gasteiger partial charge on any atom is 0.335 e. The molecule has 4 rings (SSSR count). The van der Waals surface area contributed by atoms with E-state index in [1.807, 2.05) is 0 Å². The molecule has 1 unspecified atom stereocenters. The highest BCUT2D eigenvalue weighted by Crippen LogP contribution is 2.32. The summed E-state index contributed by atoms with van der Waals surface area (Å²) < 4.78 is 14.8. The van der Waals surface area contributed by atoms with Crippen LogP contribution in [0, 0.1) is 11.7 Å². The Labute approximate surface area is 173 Å². The van der Waals surface area contributed by atoms with Crippen LogP contribution < -0.4 is 16.4 Å². The number of halogens is 1. The Balaban J connectivity index is 1.40. The Morgan fingerprint density at radius 2 is 2.10 bits per heavy atom. The molecule has 160 valence electrons. The Bertz CT molecular complexity index is 912. The first-order chi connectivity index (χ1) is 14.5. The number of carbonyl (C=O) groups excluding carboxylic acids is 1. The van der Waals surface area contributed by atoms with Crippen molar-refractivity contribution < 1.29 is 14.3 Å². The van der Waals surface area contributed by atoms with Crippen LogP contribution in [0.15, 0.2) is 18.2 Å². The molecule has 2 fully saturated rings. The van der Waals surface area contributed by atoms with Crippen LogP contribution in [0.4, 0.5) is 15.9 Å². The predicted molar refractivity (Wildman–Crippen MR) is 109 cm³/mol. The van der Waals surface area contributed by atoms with E-state index < -0.39 is 11.9 Å². The van der Waals surface area contributed by atoms with Gasteiger partial charge in [0.25, 0.3) is 5.91 Å². The van der Waals surface area contributed by atoms with E-state index in [2.05, 4.69) is 30.7 Å². The second kappa shape index (κ2) is 8.88. The molecule has 1 aromatic heterocycles. The molecule has 1 aromatic carbocycles. The van der Waals surface area contributed by atoms with Crippen LogP contribution in [0.2, 0.25) is 0 Å². The zero-order valence-corrected chi connectivity index (χ0v) is 16.6. The standard InChI is InChI=1S/C20H26FN7O2/c21-16-9-14(24-19-17(18(22)29)26-27-20(30)25-19)1-2-15(16)13-4-7-28(8-5-13)11-12-3-6-23-10-12/h1-2,9,12-13,23H,3-8,10-11H2,(H2,22,29)(H2,24,25,27,30). The molecular weight excluding hydrogens is 389 g/mol. The fourth-order valence-electron chi connectivity index (χ4n) is 4.31. The van der Waals surface area contributed by atoms with Gasteiger partial charge in [0, 0.05) is 12.2 Å². The summed E-state index contributed by atoms with van der Waals surface area (Å²) in [5.74, 6) is -0.329. The molecule has 0 saturated carbocycles. The van der Waals surface area contributed by atoms with Gasteiger partial charge in [0.15, 0.2) is 11.5 Å². The molecule has 5 N–H and O–H groups in total. The minimum atomic E-state index is -0.852. The van der Waals surface area contributed by atoms with E-state index in [0.717, 1.165) is 51.5 Å². The number of primary amides is 1. The number of amides is 1. The van der Waals surface area contributed by atoms with Crippen LogP contribution in [0.1, 0.15) is 41.2 Å². The SMILES string of the molecule is NC(=O)c1nnc(O)nc1Nc1ccc(C2CCN(CC3CCNC3)CC2)c(F)c1. The molecule has 2 aliphatic rings. The van der Waals surface area contributed by atoms with Crippen LogP contribution >= 0.6 is 0 Å². The lowest BCUT2D eigenvalue weighted by molar-refractivity contribution is 0.0995. The number of hydrogen-bond acceptors (Lipinski definition) is 8. The van der Waals surface area contributed by atoms with Gasteiger partial charge in [-0.2, -0.15) is 4.98 Å². The van der Waals surface area contributed by atoms with Gasteiger partial charge >= 0.3 is 6.01 Å². The Hall–Kier alpha value is -2.85. The number of piperidine rings is 1. The number of aromatic hydroxyl groups is 1. The zero-order chi connectivity index (χ0) is 21.1. The summed E-state index contributed by atoms with van der Waals surface area (Å²) in [7, 11) is 0. The normalized spacial score (nSPS) is 20.4. The molecule has 1 atom stereocenters. The lowest BCUT2D eigenvalue weighted by Gasteiger charge is -2.33. The number of nitrogens with one attached hydrogen (secondary N) is 2. The third kappa shape index (κ3) is 4.65. The minimum absolute atomic E-state index is 0.0724. The van der Waals surface area contributed by atoms with E-state index in [4.69, 9.17) is 5.73 Å². The Morgan fingerprint density at radius 1 is 1.30 bits per heavy atom. The van der Waals surface area contributed by atoms with Crippen molar-refractivity contribution in [1.29, 1.82) is 0 Å². The number of nitrogens with two attached hydrogens (primary N) is 1. The topological polar surface area (TPSA) is 129 Å². The van der Waals surface area contributed by atoms with Gasteiger partial charge in [-0.1, -0.05) is 11.2 Å². The first-order valence-electron chi connectivity index (χ1n) is 10.2. The summed E-state index contributed by atoms with van der Waals surface area (Å²) in [4.78, 5) is 17.7. The quantitative estimate of drug-likeness (QED) is 0.556. The molecule has 0 radical (unpaired) electrons. The van der Waals surface area contributed by atoms with Gasteiger partial charge in [-0.15, -0.1) is 5.10 Å². The van der Waals surface area contributed by atoms with Gasteiger partial charge in [-0.3, -0.25) is 4.79 Å². The fourth-order valence-corrected chi connectivity index (χ4v) is 4.31. The van der Waals surface area contributed by atoms with Crippen molar-refractivity contribution in [3.8, 4) is 6.01 Å². The monoisotopic (exact) mass is 415 g/mol. The third-order valence-electron chi connectivity index (χ3n) is 5.88. The van der Waals surface area contributed by atoms with Crippen LogP contribution in [0.5, 0.6) is 6.01 Å². The largest absolute Gasteiger partial charge is 0.478 e. The van der Waals surface area contributed by atoms with Crippen LogP contribution in [-0.4, -0.2) is 63.8 Å². The maximum absolute atomic E-state index is 14.8. The first kappa shape index (κ1) is 20.4. The lowest BCUT2D eigenvalue weighted by Crippen LogP contribution is -2.37. The predicted octanol–water partition coefficient (Wildman–Crippen LogP) is 1.35. The summed E-state index contributed by atoms with van der Waals surface area (Å²) in [6.45, 7) is 5.29. The molecule has 0 spiro atoms. The average molecular weight is 415 g/mol. The fraction of sp³-hybridized carbons (Fsp3) is 0.500. The van der Waals surface area contributed by atoms with Crippen molar-refractivity contribution >= 4 is 17.4 Å². The number of aromatic nitrogens is 3. The molecule has 9 nitrogen and oxygen atoms in total. The lowest BCUT2D eigenvalue weighted by atomic mass is 9.88. The average Bonchev–Trinajstić information content (AvgIpc) is 3.22. The number of carbonyl (C=O) groups is 1. The number of hydrogen-bond donors (Lipinski definition) is 4. The van der Waals surface area contributed by atoms with Crippen molar-refractivity contribution in [3.05, 3.63) is 35.3 Å². The second-order valence-electron chi connectivity index (χ2n) is 7.97. The highest BCUT2D eigenvalue weighted by atomic mass is 19.1. The number of likely N-dealkylation sites (tertiary alicyclic amines) is 1. The van der Waals surface area contributed by atoms with E-state index in [-0.39, 0.29) is 23.2 Å². The Morgan fingerprint density at radius 3 is 2.77 bits per heavy atom. The molecule has 30 heavy (non-hydrogen) atoms. The van der Waals surface area contributed by atoms with E-state index in [1.54, 1.807) is 12.1 Å². The van der Waals surface area contributed by atoms with Crippen molar-refractivity contribution in [2.45, 2.75) is 25.2 Å². The molecule has 2 saturated heterocycles. The van der Waals surface area contributed by atoms with Crippen molar-refractivity contribution in [3.63, 3.8) is 0 Å². The van der Waals surface area contributed by atoms with Crippen LogP contribution in [-0.2, 0) is 0 Å². The van der Waals surface area contributed by atoms with Gasteiger partial charge in [-0.05, 0) is 75.0 Å². The molecule has 3 heterocycles. The molecule has 0 aliphatic carbocycles. The second-order valence-corrected chi connectivity index (χ2v) is 7.97. The number of benzene rings is 1. The number of nitrogens with zero attached hydrogens (tertiary/aromatic N) is 4. The van der Waals surface area contributed by atoms with Gasteiger partial charge in [0.05, 0.1) is 0 Å². The van der Waals surface area contributed by atoms with Gasteiger partial charge in [0.1, 0.15) is 5.82 Å². The van der Waals surface area contributed by atoms with Crippen molar-refractivity contribution in [1.82, 2.24) is 25.4 Å². The molecule has 0 bridgehead atoms. The molecule has 10 heteroatoms. The van der Waals surface area contributed by atoms with Gasteiger partial charge < -0.3 is 26.4 Å².